The van der Waals surface area contributed by atoms with E-state index in [-0.39, 0.29) is 18.6 Å². The van der Waals surface area contributed by atoms with Crippen molar-refractivity contribution in [3.05, 3.63) is 69.2 Å². The fourth-order valence-electron chi connectivity index (χ4n) is 3.15. The van der Waals surface area contributed by atoms with E-state index >= 15 is 0 Å². The molecule has 142 valence electrons. The van der Waals surface area contributed by atoms with Gasteiger partial charge in [-0.15, -0.1) is 0 Å². The quantitative estimate of drug-likeness (QED) is 0.647. The van der Waals surface area contributed by atoms with Crippen LogP contribution in [-0.4, -0.2) is 10.5 Å². The molecule has 0 N–H and O–H groups in total. The summed E-state index contributed by atoms with van der Waals surface area (Å²) < 4.78 is 11.9. The van der Waals surface area contributed by atoms with Crippen LogP contribution >= 0.6 is 0 Å². The van der Waals surface area contributed by atoms with Gasteiger partial charge in [-0.1, -0.05) is 45.0 Å². The lowest BCUT2D eigenvalue weighted by Crippen LogP contribution is -2.22. The zero-order valence-corrected chi connectivity index (χ0v) is 16.5. The standard InChI is InChI=1S/C22H25NO4/c1-14-10-16(22(3,4)5)11-15(2)17(14)13-26-20(24)12-23-18-8-6-7-9-19(18)27-21(23)25/h6-11H,12-13H2,1-5H3. The van der Waals surface area contributed by atoms with Gasteiger partial charge in [0.25, 0.3) is 0 Å². The first-order valence-electron chi connectivity index (χ1n) is 9.01. The Balaban J connectivity index is 1.74. The van der Waals surface area contributed by atoms with E-state index in [1.807, 2.05) is 13.8 Å². The van der Waals surface area contributed by atoms with Crippen molar-refractivity contribution in [2.24, 2.45) is 0 Å². The minimum atomic E-state index is -0.560. The number of rotatable bonds is 4. The largest absolute Gasteiger partial charge is 0.459 e. The third-order valence-electron chi connectivity index (χ3n) is 4.80. The third kappa shape index (κ3) is 3.97. The van der Waals surface area contributed by atoms with Crippen LogP contribution in [-0.2, 0) is 28.1 Å². The summed E-state index contributed by atoms with van der Waals surface area (Å²) in [6.45, 7) is 10.6. The van der Waals surface area contributed by atoms with E-state index in [1.54, 1.807) is 24.3 Å². The van der Waals surface area contributed by atoms with Gasteiger partial charge >= 0.3 is 11.7 Å². The van der Waals surface area contributed by atoms with Gasteiger partial charge in [-0.05, 0) is 53.6 Å². The monoisotopic (exact) mass is 367 g/mol. The zero-order valence-electron chi connectivity index (χ0n) is 16.5. The second-order valence-corrected chi connectivity index (χ2v) is 7.92. The number of benzene rings is 2. The van der Waals surface area contributed by atoms with E-state index in [0.29, 0.717) is 11.1 Å². The van der Waals surface area contributed by atoms with Crippen LogP contribution in [0.15, 0.2) is 45.6 Å². The van der Waals surface area contributed by atoms with E-state index in [9.17, 15) is 9.59 Å². The number of fused-ring (bicyclic) bond motifs is 1. The summed E-state index contributed by atoms with van der Waals surface area (Å²) in [4.78, 5) is 24.3. The summed E-state index contributed by atoms with van der Waals surface area (Å²) in [5.41, 5.74) is 5.55. The second-order valence-electron chi connectivity index (χ2n) is 7.92. The van der Waals surface area contributed by atoms with Crippen molar-refractivity contribution in [2.45, 2.75) is 53.2 Å². The van der Waals surface area contributed by atoms with E-state index in [2.05, 4.69) is 32.9 Å². The van der Waals surface area contributed by atoms with Crippen LogP contribution in [0.4, 0.5) is 0 Å². The van der Waals surface area contributed by atoms with E-state index in [4.69, 9.17) is 9.15 Å². The molecule has 3 aromatic rings. The van der Waals surface area contributed by atoms with Gasteiger partial charge in [0.15, 0.2) is 5.58 Å². The molecular weight excluding hydrogens is 342 g/mol. The SMILES string of the molecule is Cc1cc(C(C)(C)C)cc(C)c1COC(=O)Cn1c(=O)oc2ccccc21. The fourth-order valence-corrected chi connectivity index (χ4v) is 3.15. The summed E-state index contributed by atoms with van der Waals surface area (Å²) in [6.07, 6.45) is 0. The number of hydrogen-bond donors (Lipinski definition) is 0. The highest BCUT2D eigenvalue weighted by molar-refractivity contribution is 5.76. The number of aromatic nitrogens is 1. The van der Waals surface area contributed by atoms with Crippen molar-refractivity contribution in [3.8, 4) is 0 Å². The van der Waals surface area contributed by atoms with Gasteiger partial charge in [0.1, 0.15) is 13.2 Å². The number of hydrogen-bond acceptors (Lipinski definition) is 4. The number of carbonyl (C=O) groups excluding carboxylic acids is 1. The molecule has 27 heavy (non-hydrogen) atoms. The van der Waals surface area contributed by atoms with Gasteiger partial charge in [0.05, 0.1) is 5.52 Å². The number of nitrogens with zero attached hydrogens (tertiary/aromatic N) is 1. The highest BCUT2D eigenvalue weighted by Crippen LogP contribution is 2.27. The molecule has 5 nitrogen and oxygen atoms in total. The Kier molecular flexibility index (Phi) is 4.96. The molecule has 2 aromatic carbocycles. The summed E-state index contributed by atoms with van der Waals surface area (Å²) >= 11 is 0. The average molecular weight is 367 g/mol. The minimum Gasteiger partial charge on any atom is -0.459 e. The molecule has 0 spiro atoms. The van der Waals surface area contributed by atoms with Crippen LogP contribution < -0.4 is 5.76 Å². The number of carbonyl (C=O) groups is 1. The lowest BCUT2D eigenvalue weighted by Gasteiger charge is -2.22. The topological polar surface area (TPSA) is 61.4 Å². The smallest absolute Gasteiger partial charge is 0.420 e. The summed E-state index contributed by atoms with van der Waals surface area (Å²) in [5.74, 6) is -1.03. The molecule has 3 rings (SSSR count). The molecule has 0 aliphatic rings. The van der Waals surface area contributed by atoms with Crippen molar-refractivity contribution >= 4 is 17.1 Å². The summed E-state index contributed by atoms with van der Waals surface area (Å²) in [7, 11) is 0. The molecule has 0 saturated heterocycles. The Bertz CT molecular complexity index is 1030. The number of esters is 1. The molecule has 0 amide bonds. The Hall–Kier alpha value is -2.82. The van der Waals surface area contributed by atoms with E-state index in [0.717, 1.165) is 16.7 Å². The van der Waals surface area contributed by atoms with Gasteiger partial charge in [0.2, 0.25) is 0 Å². The van der Waals surface area contributed by atoms with Crippen molar-refractivity contribution in [3.63, 3.8) is 0 Å². The molecule has 5 heteroatoms. The first-order chi connectivity index (χ1) is 12.7. The lowest BCUT2D eigenvalue weighted by molar-refractivity contribution is -0.145. The molecule has 0 saturated carbocycles. The Morgan fingerprint density at radius 3 is 2.37 bits per heavy atom. The predicted octanol–water partition coefficient (Wildman–Crippen LogP) is 4.25. The van der Waals surface area contributed by atoms with Crippen LogP contribution in [0.1, 0.15) is 43.0 Å². The Morgan fingerprint density at radius 2 is 1.74 bits per heavy atom. The number of aryl methyl sites for hydroxylation is 2. The van der Waals surface area contributed by atoms with E-state index < -0.39 is 11.7 Å². The van der Waals surface area contributed by atoms with Crippen molar-refractivity contribution < 1.29 is 13.9 Å². The van der Waals surface area contributed by atoms with Crippen LogP contribution in [0, 0.1) is 13.8 Å². The predicted molar refractivity (Wildman–Crippen MR) is 105 cm³/mol. The molecule has 0 atom stereocenters. The van der Waals surface area contributed by atoms with Gasteiger partial charge in [-0.25, -0.2) is 4.79 Å². The van der Waals surface area contributed by atoms with E-state index in [1.165, 1.54) is 10.1 Å². The highest BCUT2D eigenvalue weighted by atomic mass is 16.5. The molecule has 1 heterocycles. The number of ether oxygens (including phenoxy) is 1. The lowest BCUT2D eigenvalue weighted by atomic mass is 9.84. The Morgan fingerprint density at radius 1 is 1.11 bits per heavy atom. The third-order valence-corrected chi connectivity index (χ3v) is 4.80. The van der Waals surface area contributed by atoms with Gasteiger partial charge < -0.3 is 9.15 Å². The molecule has 0 radical (unpaired) electrons. The number of para-hydroxylation sites is 2. The first kappa shape index (κ1) is 19.0. The first-order valence-corrected chi connectivity index (χ1v) is 9.01. The summed E-state index contributed by atoms with van der Waals surface area (Å²) in [5, 5.41) is 0. The highest BCUT2D eigenvalue weighted by Gasteiger charge is 2.18. The maximum absolute atomic E-state index is 12.3. The zero-order chi connectivity index (χ0) is 19.8. The van der Waals surface area contributed by atoms with Crippen LogP contribution in [0.25, 0.3) is 11.1 Å². The molecule has 1 aromatic heterocycles. The molecule has 0 unspecified atom stereocenters. The maximum Gasteiger partial charge on any atom is 0.420 e. The normalized spacial score (nSPS) is 11.7. The maximum atomic E-state index is 12.3. The van der Waals surface area contributed by atoms with Crippen molar-refractivity contribution in [1.29, 1.82) is 0 Å². The summed E-state index contributed by atoms with van der Waals surface area (Å²) in [6, 6.07) is 11.3. The van der Waals surface area contributed by atoms with Crippen molar-refractivity contribution in [2.75, 3.05) is 0 Å². The van der Waals surface area contributed by atoms with Crippen LogP contribution in [0.5, 0.6) is 0 Å². The molecule has 0 aliphatic heterocycles. The minimum absolute atomic E-state index is 0.0637. The second kappa shape index (κ2) is 7.06. The molecule has 0 fully saturated rings. The van der Waals surface area contributed by atoms with Gasteiger partial charge in [-0.3, -0.25) is 9.36 Å². The number of oxazole rings is 1. The van der Waals surface area contributed by atoms with Crippen LogP contribution in [0.3, 0.4) is 0 Å². The van der Waals surface area contributed by atoms with Gasteiger partial charge in [0, 0.05) is 0 Å². The fraction of sp³-hybridized carbons (Fsp3) is 0.364. The average Bonchev–Trinajstić information content (AvgIpc) is 2.89. The van der Waals surface area contributed by atoms with Gasteiger partial charge in [-0.2, -0.15) is 0 Å². The molecule has 0 aliphatic carbocycles. The Labute approximate surface area is 158 Å². The van der Waals surface area contributed by atoms with Crippen LogP contribution in [0.2, 0.25) is 0 Å². The van der Waals surface area contributed by atoms with Crippen molar-refractivity contribution in [1.82, 2.24) is 4.57 Å². The molecule has 0 bridgehead atoms. The molecular formula is C22H25NO4.